The Morgan fingerprint density at radius 2 is 1.50 bits per heavy atom. The molecule has 0 spiro atoms. The van der Waals surface area contributed by atoms with Gasteiger partial charge >= 0.3 is 6.03 Å². The Balaban J connectivity index is 0.00000616. The number of Topliss-reactive ketones (excluding diaryl/α,β-unsaturated/α-hetero) is 1. The summed E-state index contributed by atoms with van der Waals surface area (Å²) in [6.45, 7) is 7.12. The standard InChI is InChI=1S/C34H47N3O3S.BrH/c1-4-5-6-7-8-9-10-11-12-13-14-15-22-40-33-31(28(3)38)20-17-21-32(33)36-34(39)35-30-19-16-18-29(23-30)24-37-26-41-25-27(37)2;/h16-21,23,25-26H,4-15,22,24H2,1-3H3,(H-,35,36,39);1H. The summed E-state index contributed by atoms with van der Waals surface area (Å²) >= 11 is 1.67. The summed E-state index contributed by atoms with van der Waals surface area (Å²) in [5, 5.41) is 7.93. The molecule has 1 aromatic heterocycles. The maximum absolute atomic E-state index is 12.9. The minimum atomic E-state index is -0.377. The van der Waals surface area contributed by atoms with Crippen LogP contribution < -0.4 is 36.9 Å². The van der Waals surface area contributed by atoms with E-state index in [9.17, 15) is 9.59 Å². The second-order valence-corrected chi connectivity index (χ2v) is 11.6. The van der Waals surface area contributed by atoms with Crippen LogP contribution in [0.5, 0.6) is 5.75 Å². The summed E-state index contributed by atoms with van der Waals surface area (Å²) in [5.41, 5.74) is 6.06. The normalized spacial score (nSPS) is 10.6. The lowest BCUT2D eigenvalue weighted by molar-refractivity contribution is -0.689. The zero-order valence-electron chi connectivity index (χ0n) is 25.6. The van der Waals surface area contributed by atoms with Crippen molar-refractivity contribution in [3.8, 4) is 5.75 Å². The molecule has 8 heteroatoms. The van der Waals surface area contributed by atoms with Gasteiger partial charge in [-0.05, 0) is 37.6 Å². The number of anilines is 2. The van der Waals surface area contributed by atoms with Crippen LogP contribution in [0.25, 0.3) is 0 Å². The molecule has 0 atom stereocenters. The smallest absolute Gasteiger partial charge is 0.323 e. The Bertz CT molecular complexity index is 1230. The van der Waals surface area contributed by atoms with Crippen molar-refractivity contribution in [2.45, 2.75) is 104 Å². The van der Waals surface area contributed by atoms with Crippen molar-refractivity contribution in [3.05, 3.63) is 70.2 Å². The van der Waals surface area contributed by atoms with Crippen molar-refractivity contribution in [2.75, 3.05) is 17.2 Å². The number of para-hydroxylation sites is 1. The number of carbonyl (C=O) groups is 2. The number of nitrogens with one attached hydrogen (secondary N) is 2. The molecule has 0 bridgehead atoms. The first-order valence-corrected chi connectivity index (χ1v) is 16.3. The number of ketones is 1. The molecule has 42 heavy (non-hydrogen) atoms. The topological polar surface area (TPSA) is 71.3 Å². The Morgan fingerprint density at radius 1 is 0.857 bits per heavy atom. The van der Waals surface area contributed by atoms with E-state index in [1.807, 2.05) is 24.3 Å². The average Bonchev–Trinajstić information content (AvgIpc) is 3.35. The third-order valence-electron chi connectivity index (χ3n) is 7.30. The first kappa shape index (κ1) is 35.5. The van der Waals surface area contributed by atoms with Crippen molar-refractivity contribution < 1.29 is 35.9 Å². The fraction of sp³-hybridized carbons (Fsp3) is 0.500. The van der Waals surface area contributed by atoms with Crippen LogP contribution in [0.2, 0.25) is 0 Å². The van der Waals surface area contributed by atoms with E-state index in [1.54, 1.807) is 29.5 Å². The van der Waals surface area contributed by atoms with Gasteiger partial charge in [0, 0.05) is 18.2 Å². The molecule has 0 radical (unpaired) electrons. The minimum absolute atomic E-state index is 0. The van der Waals surface area contributed by atoms with Gasteiger partial charge < -0.3 is 32.4 Å². The molecule has 0 aliphatic heterocycles. The second-order valence-electron chi connectivity index (χ2n) is 10.9. The molecule has 0 aliphatic carbocycles. The highest BCUT2D eigenvalue weighted by molar-refractivity contribution is 7.07. The van der Waals surface area contributed by atoms with Crippen molar-refractivity contribution in [3.63, 3.8) is 0 Å². The number of carbonyl (C=O) groups excluding carboxylic acids is 2. The summed E-state index contributed by atoms with van der Waals surface area (Å²) in [4.78, 5) is 25.2. The maximum Gasteiger partial charge on any atom is 0.323 e. The van der Waals surface area contributed by atoms with E-state index in [-0.39, 0.29) is 28.8 Å². The van der Waals surface area contributed by atoms with Crippen LogP contribution in [0, 0.1) is 6.92 Å². The monoisotopic (exact) mass is 657 g/mol. The Kier molecular flexibility index (Phi) is 17.1. The number of halogens is 1. The largest absolute Gasteiger partial charge is 1.00 e. The molecule has 2 aromatic carbocycles. The number of aromatic nitrogens is 1. The molecule has 0 saturated heterocycles. The Labute approximate surface area is 267 Å². The number of urea groups is 1. The lowest BCUT2D eigenvalue weighted by Gasteiger charge is -2.16. The molecule has 230 valence electrons. The molecule has 6 nitrogen and oxygen atoms in total. The number of nitrogens with zero attached hydrogens (tertiary/aromatic N) is 1. The first-order valence-electron chi connectivity index (χ1n) is 15.3. The zero-order valence-corrected chi connectivity index (χ0v) is 28.0. The van der Waals surface area contributed by atoms with Crippen LogP contribution in [0.4, 0.5) is 16.2 Å². The van der Waals surface area contributed by atoms with Gasteiger partial charge in [0.05, 0.1) is 23.2 Å². The van der Waals surface area contributed by atoms with Gasteiger partial charge in [0.2, 0.25) is 5.51 Å². The molecule has 1 heterocycles. The van der Waals surface area contributed by atoms with Crippen molar-refractivity contribution >= 4 is 34.5 Å². The number of thiazole rings is 1. The highest BCUT2D eigenvalue weighted by Gasteiger charge is 2.16. The SMILES string of the molecule is CCCCCCCCCCCCCCOc1c(NC(=O)Nc2cccc(C[n+]3cscc3C)c2)cccc1C(C)=O.[Br-]. The summed E-state index contributed by atoms with van der Waals surface area (Å²) in [5.74, 6) is 0.351. The fourth-order valence-electron chi connectivity index (χ4n) is 4.93. The maximum atomic E-state index is 12.9. The Morgan fingerprint density at radius 3 is 2.12 bits per heavy atom. The zero-order chi connectivity index (χ0) is 29.3. The lowest BCUT2D eigenvalue weighted by Crippen LogP contribution is -3.00. The number of benzene rings is 2. The van der Waals surface area contributed by atoms with Crippen LogP contribution >= 0.6 is 11.3 Å². The van der Waals surface area contributed by atoms with E-state index in [4.69, 9.17) is 4.74 Å². The van der Waals surface area contributed by atoms with E-state index < -0.39 is 0 Å². The molecule has 0 unspecified atom stereocenters. The number of aryl methyl sites for hydroxylation is 1. The third kappa shape index (κ3) is 12.7. The highest BCUT2D eigenvalue weighted by atomic mass is 79.9. The molecule has 2 amide bonds. The molecule has 0 fully saturated rings. The summed E-state index contributed by atoms with van der Waals surface area (Å²) in [7, 11) is 0. The average molecular weight is 659 g/mol. The molecule has 2 N–H and O–H groups in total. The van der Waals surface area contributed by atoms with Gasteiger partial charge in [-0.3, -0.25) is 4.79 Å². The van der Waals surface area contributed by atoms with E-state index in [0.717, 1.165) is 24.9 Å². The summed E-state index contributed by atoms with van der Waals surface area (Å²) in [6.07, 6.45) is 15.3. The van der Waals surface area contributed by atoms with Gasteiger partial charge in [-0.15, -0.1) is 0 Å². The van der Waals surface area contributed by atoms with E-state index in [1.165, 1.54) is 76.8 Å². The quantitative estimate of drug-likeness (QED) is 0.0900. The van der Waals surface area contributed by atoms with Gasteiger partial charge in [0.1, 0.15) is 0 Å². The third-order valence-corrected chi connectivity index (χ3v) is 8.16. The number of unbranched alkanes of at least 4 members (excludes halogenated alkanes) is 11. The molecular weight excluding hydrogens is 610 g/mol. The van der Waals surface area contributed by atoms with Gasteiger partial charge in [0.15, 0.2) is 23.8 Å². The van der Waals surface area contributed by atoms with Crippen molar-refractivity contribution in [1.29, 1.82) is 0 Å². The second kappa shape index (κ2) is 20.2. The molecule has 3 aromatic rings. The summed E-state index contributed by atoms with van der Waals surface area (Å²) in [6, 6.07) is 12.7. The summed E-state index contributed by atoms with van der Waals surface area (Å²) < 4.78 is 8.27. The molecule has 3 rings (SSSR count). The number of rotatable bonds is 19. The van der Waals surface area contributed by atoms with Gasteiger partial charge in [-0.25, -0.2) is 4.79 Å². The van der Waals surface area contributed by atoms with E-state index >= 15 is 0 Å². The van der Waals surface area contributed by atoms with Crippen LogP contribution in [-0.4, -0.2) is 18.4 Å². The van der Waals surface area contributed by atoms with Crippen LogP contribution in [0.3, 0.4) is 0 Å². The molecular formula is C34H48BrN3O3S. The van der Waals surface area contributed by atoms with E-state index in [0.29, 0.717) is 29.3 Å². The Hall–Kier alpha value is -2.71. The van der Waals surface area contributed by atoms with Gasteiger partial charge in [-0.2, -0.15) is 4.57 Å². The molecule has 0 saturated carbocycles. The fourth-order valence-corrected chi connectivity index (χ4v) is 5.71. The predicted octanol–water partition coefficient (Wildman–Crippen LogP) is 6.32. The van der Waals surface area contributed by atoms with Crippen LogP contribution in [-0.2, 0) is 6.54 Å². The number of ether oxygens (including phenoxy) is 1. The minimum Gasteiger partial charge on any atom is -1.00 e. The van der Waals surface area contributed by atoms with Crippen LogP contribution in [0.1, 0.15) is 113 Å². The van der Waals surface area contributed by atoms with Crippen LogP contribution in [0.15, 0.2) is 53.4 Å². The highest BCUT2D eigenvalue weighted by Crippen LogP contribution is 2.30. The van der Waals surface area contributed by atoms with Gasteiger partial charge in [0.25, 0.3) is 0 Å². The first-order chi connectivity index (χ1) is 20.0. The van der Waals surface area contributed by atoms with E-state index in [2.05, 4.69) is 39.9 Å². The lowest BCUT2D eigenvalue weighted by atomic mass is 10.1. The number of hydrogen-bond acceptors (Lipinski definition) is 4. The van der Waals surface area contributed by atoms with Gasteiger partial charge in [-0.1, -0.05) is 107 Å². The van der Waals surface area contributed by atoms with Crippen molar-refractivity contribution in [2.24, 2.45) is 0 Å². The number of hydrogen-bond donors (Lipinski definition) is 2. The predicted molar refractivity (Wildman–Crippen MR) is 170 cm³/mol. The molecule has 0 aliphatic rings. The number of amides is 2. The van der Waals surface area contributed by atoms with Crippen molar-refractivity contribution in [1.82, 2.24) is 0 Å².